The van der Waals surface area contributed by atoms with Crippen LogP contribution < -0.4 is 11.1 Å². The molecule has 0 bridgehead atoms. The summed E-state index contributed by atoms with van der Waals surface area (Å²) in [5, 5.41) is 2.90. The van der Waals surface area contributed by atoms with Gasteiger partial charge < -0.3 is 20.9 Å². The number of amides is 1. The first-order chi connectivity index (χ1) is 11.1. The van der Waals surface area contributed by atoms with E-state index in [0.717, 1.165) is 29.9 Å². The van der Waals surface area contributed by atoms with Gasteiger partial charge in [-0.3, -0.25) is 4.79 Å². The second-order valence-electron chi connectivity index (χ2n) is 5.52. The molecule has 0 aliphatic heterocycles. The summed E-state index contributed by atoms with van der Waals surface area (Å²) in [5.41, 5.74) is 9.83. The molecule has 4 N–H and O–H groups in total. The Morgan fingerprint density at radius 2 is 2.22 bits per heavy atom. The molecule has 0 aliphatic rings. The minimum absolute atomic E-state index is 0.0193. The Kier molecular flexibility index (Phi) is 6.70. The molecule has 0 fully saturated rings. The van der Waals surface area contributed by atoms with E-state index >= 15 is 0 Å². The van der Waals surface area contributed by atoms with Crippen molar-refractivity contribution in [2.24, 2.45) is 5.73 Å². The van der Waals surface area contributed by atoms with E-state index in [9.17, 15) is 4.79 Å². The van der Waals surface area contributed by atoms with Gasteiger partial charge in [0.2, 0.25) is 5.91 Å². The molecule has 23 heavy (non-hydrogen) atoms. The zero-order valence-electron chi connectivity index (χ0n) is 13.4. The minimum Gasteiger partial charge on any atom is -0.367 e. The van der Waals surface area contributed by atoms with Crippen LogP contribution in [0.1, 0.15) is 12.0 Å². The normalized spacial score (nSPS) is 11.0. The summed E-state index contributed by atoms with van der Waals surface area (Å²) < 4.78 is 0. The predicted octanol–water partition coefficient (Wildman–Crippen LogP) is 2.33. The highest BCUT2D eigenvalue weighted by Gasteiger charge is 2.10. The molecule has 0 spiro atoms. The number of nitrogens with one attached hydrogen (secondary N) is 2. The molecule has 0 aliphatic carbocycles. The lowest BCUT2D eigenvalue weighted by Crippen LogP contribution is -2.24. The lowest BCUT2D eigenvalue weighted by Gasteiger charge is -2.16. The topological polar surface area (TPSA) is 74.2 Å². The van der Waals surface area contributed by atoms with Crippen LogP contribution in [0.15, 0.2) is 36.7 Å². The number of anilines is 1. The number of nitrogens with two attached hydrogens (primary N) is 1. The fraction of sp³-hybridized carbons (Fsp3) is 0.353. The van der Waals surface area contributed by atoms with E-state index in [-0.39, 0.29) is 5.91 Å². The van der Waals surface area contributed by atoms with Crippen LogP contribution in [0.5, 0.6) is 0 Å². The van der Waals surface area contributed by atoms with Crippen LogP contribution in [0, 0.1) is 0 Å². The van der Waals surface area contributed by atoms with Crippen molar-refractivity contribution < 1.29 is 4.79 Å². The molecule has 124 valence electrons. The van der Waals surface area contributed by atoms with Gasteiger partial charge in [0.15, 0.2) is 0 Å². The van der Waals surface area contributed by atoms with Gasteiger partial charge in [-0.2, -0.15) is 12.6 Å². The number of carbonyl (C=O) groups excluding carboxylic acids is 1. The van der Waals surface area contributed by atoms with Gasteiger partial charge in [0.25, 0.3) is 0 Å². The Hall–Kier alpha value is -1.76. The van der Waals surface area contributed by atoms with Crippen LogP contribution in [-0.4, -0.2) is 41.7 Å². The highest BCUT2D eigenvalue weighted by Crippen LogP contribution is 2.26. The van der Waals surface area contributed by atoms with Crippen molar-refractivity contribution >= 4 is 24.2 Å². The summed E-state index contributed by atoms with van der Waals surface area (Å²) in [5.74, 6) is 0.523. The first-order valence-corrected chi connectivity index (χ1v) is 8.32. The van der Waals surface area contributed by atoms with E-state index < -0.39 is 0 Å². The highest BCUT2D eigenvalue weighted by atomic mass is 32.1. The summed E-state index contributed by atoms with van der Waals surface area (Å²) in [6, 6.07) is 7.88. The minimum atomic E-state index is -0.0193. The Morgan fingerprint density at radius 3 is 2.96 bits per heavy atom. The number of hydrogen-bond acceptors (Lipinski definition) is 4. The Labute approximate surface area is 142 Å². The number of aromatic nitrogens is 1. The number of nitrogens with zero attached hydrogens (tertiary/aromatic N) is 1. The van der Waals surface area contributed by atoms with Gasteiger partial charge in [-0.05, 0) is 36.1 Å². The van der Waals surface area contributed by atoms with Crippen molar-refractivity contribution in [2.75, 3.05) is 31.2 Å². The molecule has 1 heterocycles. The van der Waals surface area contributed by atoms with Crippen LogP contribution in [0.3, 0.4) is 0 Å². The molecule has 1 aromatic heterocycles. The monoisotopic (exact) mass is 332 g/mol. The number of likely N-dealkylation sites (N-methyl/N-ethyl adjacent to an activating group) is 1. The fourth-order valence-corrected chi connectivity index (χ4v) is 2.68. The molecule has 6 heteroatoms. The van der Waals surface area contributed by atoms with Gasteiger partial charge >= 0.3 is 0 Å². The third-order valence-electron chi connectivity index (χ3n) is 3.58. The molecule has 0 atom stereocenters. The molecule has 1 aromatic carbocycles. The molecule has 1 amide bonds. The Morgan fingerprint density at radius 1 is 1.39 bits per heavy atom. The standard InChI is InChI=1S/C17H24N4OS/c1-21(7-6-18)12-14-10-19-11-16(14)13-3-2-4-15(9-13)20-17(22)5-8-23/h2-4,9-11,19,23H,5-8,12,18H2,1H3,(H,20,22). The van der Waals surface area contributed by atoms with Gasteiger partial charge in [0, 0.05) is 49.7 Å². The zero-order chi connectivity index (χ0) is 16.7. The van der Waals surface area contributed by atoms with E-state index in [4.69, 9.17) is 5.73 Å². The van der Waals surface area contributed by atoms with Crippen molar-refractivity contribution in [1.82, 2.24) is 9.88 Å². The van der Waals surface area contributed by atoms with E-state index in [0.29, 0.717) is 18.7 Å². The Bertz CT molecular complexity index is 641. The van der Waals surface area contributed by atoms with Gasteiger partial charge in [-0.25, -0.2) is 0 Å². The number of thiol groups is 1. The maximum absolute atomic E-state index is 11.7. The third kappa shape index (κ3) is 5.13. The van der Waals surface area contributed by atoms with Gasteiger partial charge in [-0.15, -0.1) is 0 Å². The molecule has 0 radical (unpaired) electrons. The van der Waals surface area contributed by atoms with E-state index in [1.165, 1.54) is 5.56 Å². The SMILES string of the molecule is CN(CCN)Cc1c[nH]cc1-c1cccc(NC(=O)CCS)c1. The summed E-state index contributed by atoms with van der Waals surface area (Å²) >= 11 is 4.08. The van der Waals surface area contributed by atoms with Gasteiger partial charge in [0.1, 0.15) is 0 Å². The maximum atomic E-state index is 11.7. The Balaban J connectivity index is 2.16. The van der Waals surface area contributed by atoms with Gasteiger partial charge in [-0.1, -0.05) is 12.1 Å². The highest BCUT2D eigenvalue weighted by molar-refractivity contribution is 7.80. The first kappa shape index (κ1) is 17.6. The number of rotatable bonds is 8. The molecule has 5 nitrogen and oxygen atoms in total. The second-order valence-corrected chi connectivity index (χ2v) is 5.97. The quantitative estimate of drug-likeness (QED) is 0.561. The molecule has 0 saturated heterocycles. The van der Waals surface area contributed by atoms with Crippen LogP contribution in [-0.2, 0) is 11.3 Å². The summed E-state index contributed by atoms with van der Waals surface area (Å²) in [6.45, 7) is 2.32. The van der Waals surface area contributed by atoms with Crippen LogP contribution in [0.25, 0.3) is 11.1 Å². The number of aromatic amines is 1. The number of H-pyrrole nitrogens is 1. The van der Waals surface area contributed by atoms with Gasteiger partial charge in [0.05, 0.1) is 0 Å². The fourth-order valence-electron chi connectivity index (χ4n) is 2.48. The van der Waals surface area contributed by atoms with Crippen LogP contribution in [0.4, 0.5) is 5.69 Å². The number of carbonyl (C=O) groups is 1. The van der Waals surface area contributed by atoms with E-state index in [1.807, 2.05) is 36.7 Å². The average molecular weight is 332 g/mol. The maximum Gasteiger partial charge on any atom is 0.225 e. The predicted molar refractivity (Wildman–Crippen MR) is 98.7 cm³/mol. The summed E-state index contributed by atoms with van der Waals surface area (Å²) in [4.78, 5) is 17.1. The van der Waals surface area contributed by atoms with Crippen molar-refractivity contribution in [2.45, 2.75) is 13.0 Å². The first-order valence-electron chi connectivity index (χ1n) is 7.69. The molecular weight excluding hydrogens is 308 g/mol. The zero-order valence-corrected chi connectivity index (χ0v) is 14.3. The third-order valence-corrected chi connectivity index (χ3v) is 3.80. The van der Waals surface area contributed by atoms with Crippen molar-refractivity contribution in [3.8, 4) is 11.1 Å². The molecule has 2 rings (SSSR count). The summed E-state index contributed by atoms with van der Waals surface area (Å²) in [7, 11) is 2.05. The number of hydrogen-bond donors (Lipinski definition) is 4. The van der Waals surface area contributed by atoms with Crippen LogP contribution in [0.2, 0.25) is 0 Å². The molecule has 0 saturated carbocycles. The number of benzene rings is 1. The second kappa shape index (κ2) is 8.76. The average Bonchev–Trinajstić information content (AvgIpc) is 2.96. The largest absolute Gasteiger partial charge is 0.367 e. The summed E-state index contributed by atoms with van der Waals surface area (Å²) in [6.07, 6.45) is 4.40. The van der Waals surface area contributed by atoms with E-state index in [2.05, 4.69) is 34.9 Å². The molecular formula is C17H24N4OS. The van der Waals surface area contributed by atoms with Crippen molar-refractivity contribution in [3.63, 3.8) is 0 Å². The lowest BCUT2D eigenvalue weighted by atomic mass is 10.0. The van der Waals surface area contributed by atoms with Crippen LogP contribution >= 0.6 is 12.6 Å². The van der Waals surface area contributed by atoms with Crippen molar-refractivity contribution in [1.29, 1.82) is 0 Å². The lowest BCUT2D eigenvalue weighted by molar-refractivity contribution is -0.115. The smallest absolute Gasteiger partial charge is 0.225 e. The molecule has 2 aromatic rings. The molecule has 0 unspecified atom stereocenters. The van der Waals surface area contributed by atoms with E-state index in [1.54, 1.807) is 0 Å². The van der Waals surface area contributed by atoms with Crippen molar-refractivity contribution in [3.05, 3.63) is 42.2 Å².